The minimum absolute atomic E-state index is 0.0480. The van der Waals surface area contributed by atoms with E-state index in [9.17, 15) is 13.2 Å². The maximum absolute atomic E-state index is 13.6. The van der Waals surface area contributed by atoms with Crippen molar-refractivity contribution in [1.29, 1.82) is 0 Å². The molecule has 0 unspecified atom stereocenters. The number of amides is 1. The molecule has 1 N–H and O–H groups in total. The average molecular weight is 458 g/mol. The van der Waals surface area contributed by atoms with Gasteiger partial charge in [-0.25, -0.2) is 8.42 Å². The number of carbonyl (C=O) groups is 1. The van der Waals surface area contributed by atoms with Crippen molar-refractivity contribution >= 4 is 27.3 Å². The number of aryl methyl sites for hydroxylation is 3. The molecule has 0 radical (unpaired) electrons. The number of aromatic nitrogens is 1. The van der Waals surface area contributed by atoms with Crippen molar-refractivity contribution in [2.45, 2.75) is 39.0 Å². The van der Waals surface area contributed by atoms with E-state index in [1.807, 2.05) is 32.0 Å². The highest BCUT2D eigenvalue weighted by molar-refractivity contribution is 7.93. The fourth-order valence-corrected chi connectivity index (χ4v) is 5.13. The van der Waals surface area contributed by atoms with E-state index >= 15 is 0 Å². The normalized spacial score (nSPS) is 11.2. The molecule has 32 heavy (non-hydrogen) atoms. The summed E-state index contributed by atoms with van der Waals surface area (Å²) in [7, 11) is -4.12. The molecule has 8 nitrogen and oxygen atoms in total. The van der Waals surface area contributed by atoms with Crippen LogP contribution in [0.3, 0.4) is 0 Å². The number of para-hydroxylation sites is 1. The highest BCUT2D eigenvalue weighted by Crippen LogP contribution is 2.29. The summed E-state index contributed by atoms with van der Waals surface area (Å²) in [6.07, 6.45) is 0.733. The predicted molar refractivity (Wildman–Crippen MR) is 123 cm³/mol. The lowest BCUT2D eigenvalue weighted by molar-refractivity contribution is -0.114. The Morgan fingerprint density at radius 2 is 1.78 bits per heavy atom. The standard InChI is InChI=1S/C23H27N3O5S/c1-5-18-9-7-8-10-21(18)24-22(27)15-26(19-11-13-20(14-12-19)30-6-2)32(28,29)23-16(3)25-31-17(23)4/h7-14H,5-6,15H2,1-4H3,(H,24,27). The minimum Gasteiger partial charge on any atom is -0.494 e. The first-order valence-corrected chi connectivity index (χ1v) is 11.8. The van der Waals surface area contributed by atoms with Crippen molar-refractivity contribution in [3.05, 3.63) is 65.5 Å². The van der Waals surface area contributed by atoms with Crippen LogP contribution < -0.4 is 14.4 Å². The Morgan fingerprint density at radius 3 is 2.38 bits per heavy atom. The van der Waals surface area contributed by atoms with Crippen LogP contribution >= 0.6 is 0 Å². The van der Waals surface area contributed by atoms with Gasteiger partial charge in [0.25, 0.3) is 10.0 Å². The van der Waals surface area contributed by atoms with E-state index in [-0.39, 0.29) is 16.3 Å². The highest BCUT2D eigenvalue weighted by Gasteiger charge is 2.33. The van der Waals surface area contributed by atoms with Crippen LogP contribution in [-0.4, -0.2) is 32.6 Å². The molecule has 3 aromatic rings. The summed E-state index contributed by atoms with van der Waals surface area (Å²) in [4.78, 5) is 12.9. The predicted octanol–water partition coefficient (Wildman–Crippen LogP) is 4.09. The number of rotatable bonds is 9. The molecule has 1 amide bonds. The van der Waals surface area contributed by atoms with Gasteiger partial charge in [0.2, 0.25) is 5.91 Å². The molecule has 0 aliphatic rings. The molecule has 3 rings (SSSR count). The zero-order valence-electron chi connectivity index (χ0n) is 18.6. The summed E-state index contributed by atoms with van der Waals surface area (Å²) in [5, 5.41) is 6.60. The number of nitrogens with zero attached hydrogens (tertiary/aromatic N) is 2. The van der Waals surface area contributed by atoms with Gasteiger partial charge in [-0.3, -0.25) is 9.10 Å². The molecule has 9 heteroatoms. The summed E-state index contributed by atoms with van der Waals surface area (Å²) in [5.41, 5.74) is 2.17. The Morgan fingerprint density at radius 1 is 1.09 bits per heavy atom. The van der Waals surface area contributed by atoms with Gasteiger partial charge in [0.05, 0.1) is 12.3 Å². The van der Waals surface area contributed by atoms with Gasteiger partial charge in [0.1, 0.15) is 18.0 Å². The second-order valence-electron chi connectivity index (χ2n) is 7.15. The van der Waals surface area contributed by atoms with Gasteiger partial charge in [-0.05, 0) is 63.1 Å². The van der Waals surface area contributed by atoms with E-state index in [0.717, 1.165) is 16.3 Å². The van der Waals surface area contributed by atoms with E-state index in [1.165, 1.54) is 6.92 Å². The first-order chi connectivity index (χ1) is 15.3. The second kappa shape index (κ2) is 9.86. The van der Waals surface area contributed by atoms with E-state index in [0.29, 0.717) is 23.7 Å². The second-order valence-corrected chi connectivity index (χ2v) is 8.95. The number of hydrogen-bond donors (Lipinski definition) is 1. The molecule has 0 saturated carbocycles. The molecule has 1 aromatic heterocycles. The van der Waals surface area contributed by atoms with Crippen LogP contribution in [-0.2, 0) is 21.2 Å². The van der Waals surface area contributed by atoms with Gasteiger partial charge < -0.3 is 14.6 Å². The minimum atomic E-state index is -4.12. The van der Waals surface area contributed by atoms with Crippen LogP contribution in [0, 0.1) is 13.8 Å². The summed E-state index contributed by atoms with van der Waals surface area (Å²) in [5.74, 6) is 0.303. The number of nitrogens with one attached hydrogen (secondary N) is 1. The molecule has 0 aliphatic carbocycles. The van der Waals surface area contributed by atoms with Gasteiger partial charge in [0, 0.05) is 5.69 Å². The Balaban J connectivity index is 1.98. The van der Waals surface area contributed by atoms with Crippen LogP contribution in [0.4, 0.5) is 11.4 Å². The molecule has 0 saturated heterocycles. The number of hydrogen-bond acceptors (Lipinski definition) is 6. The van der Waals surface area contributed by atoms with Gasteiger partial charge in [0.15, 0.2) is 10.7 Å². The maximum atomic E-state index is 13.6. The smallest absolute Gasteiger partial charge is 0.270 e. The molecule has 0 atom stereocenters. The SMILES string of the molecule is CCOc1ccc(N(CC(=O)Nc2ccccc2CC)S(=O)(=O)c2c(C)noc2C)cc1. The van der Waals surface area contributed by atoms with E-state index in [1.54, 1.807) is 37.3 Å². The van der Waals surface area contributed by atoms with Gasteiger partial charge >= 0.3 is 0 Å². The molecule has 1 heterocycles. The third-order valence-corrected chi connectivity index (χ3v) is 6.93. The zero-order chi connectivity index (χ0) is 23.3. The van der Waals surface area contributed by atoms with Crippen LogP contribution in [0.5, 0.6) is 5.75 Å². The lowest BCUT2D eigenvalue weighted by atomic mass is 10.1. The van der Waals surface area contributed by atoms with Crippen LogP contribution in [0.1, 0.15) is 30.9 Å². The highest BCUT2D eigenvalue weighted by atomic mass is 32.2. The molecule has 0 bridgehead atoms. The maximum Gasteiger partial charge on any atom is 0.270 e. The van der Waals surface area contributed by atoms with Crippen molar-refractivity contribution in [1.82, 2.24) is 5.16 Å². The third kappa shape index (κ3) is 4.94. The first-order valence-electron chi connectivity index (χ1n) is 10.3. The number of sulfonamides is 1. The average Bonchev–Trinajstić information content (AvgIpc) is 3.12. The van der Waals surface area contributed by atoms with Gasteiger partial charge in [-0.2, -0.15) is 0 Å². The molecule has 2 aromatic carbocycles. The molecule has 0 fully saturated rings. The van der Waals surface area contributed by atoms with Gasteiger partial charge in [-0.1, -0.05) is 30.3 Å². The van der Waals surface area contributed by atoms with Crippen molar-refractivity contribution in [3.63, 3.8) is 0 Å². The lowest BCUT2D eigenvalue weighted by Gasteiger charge is -2.24. The number of ether oxygens (including phenoxy) is 1. The molecule has 170 valence electrons. The van der Waals surface area contributed by atoms with Crippen molar-refractivity contribution in [3.8, 4) is 5.75 Å². The van der Waals surface area contributed by atoms with Crippen molar-refractivity contribution < 1.29 is 22.5 Å². The fraction of sp³-hybridized carbons (Fsp3) is 0.304. The van der Waals surface area contributed by atoms with Gasteiger partial charge in [-0.15, -0.1) is 0 Å². The van der Waals surface area contributed by atoms with E-state index in [4.69, 9.17) is 9.26 Å². The summed E-state index contributed by atoms with van der Waals surface area (Å²) < 4.78 is 38.7. The zero-order valence-corrected chi connectivity index (χ0v) is 19.4. The van der Waals surface area contributed by atoms with Crippen molar-refractivity contribution in [2.75, 3.05) is 22.8 Å². The topological polar surface area (TPSA) is 102 Å². The number of benzene rings is 2. The fourth-order valence-electron chi connectivity index (χ4n) is 3.41. The molecular formula is C23H27N3O5S. The van der Waals surface area contributed by atoms with Crippen molar-refractivity contribution in [2.24, 2.45) is 0 Å². The number of anilines is 2. The third-order valence-electron chi connectivity index (χ3n) is 4.91. The summed E-state index contributed by atoms with van der Waals surface area (Å²) in [6.45, 7) is 7.00. The Kier molecular flexibility index (Phi) is 7.19. The van der Waals surface area contributed by atoms with Crippen LogP contribution in [0.15, 0.2) is 57.9 Å². The quantitative estimate of drug-likeness (QED) is 0.519. The van der Waals surface area contributed by atoms with E-state index < -0.39 is 22.5 Å². The van der Waals surface area contributed by atoms with Crippen LogP contribution in [0.2, 0.25) is 0 Å². The van der Waals surface area contributed by atoms with Crippen LogP contribution in [0.25, 0.3) is 0 Å². The molecule has 0 aliphatic heterocycles. The number of carbonyl (C=O) groups excluding carboxylic acids is 1. The summed E-state index contributed by atoms with van der Waals surface area (Å²) >= 11 is 0. The Hall–Kier alpha value is -3.33. The Labute approximate surface area is 188 Å². The van der Waals surface area contributed by atoms with E-state index in [2.05, 4.69) is 10.5 Å². The molecule has 0 spiro atoms. The summed E-state index contributed by atoms with van der Waals surface area (Å²) in [6, 6.07) is 14.0. The molecular weight excluding hydrogens is 430 g/mol. The largest absolute Gasteiger partial charge is 0.494 e. The lowest BCUT2D eigenvalue weighted by Crippen LogP contribution is -2.38. The first kappa shape index (κ1) is 23.3. The Bertz CT molecular complexity index is 1170. The monoisotopic (exact) mass is 457 g/mol.